The van der Waals surface area contributed by atoms with Crippen molar-refractivity contribution in [3.63, 3.8) is 0 Å². The molecule has 8 heteroatoms. The number of alkyl carbamates (subject to hydrolysis) is 1. The molecule has 1 aromatic rings. The first kappa shape index (κ1) is 16.4. The van der Waals surface area contributed by atoms with Gasteiger partial charge in [0.1, 0.15) is 11.3 Å². The molecule has 0 aliphatic rings. The van der Waals surface area contributed by atoms with Crippen LogP contribution < -0.4 is 16.8 Å². The number of amides is 1. The highest BCUT2D eigenvalue weighted by molar-refractivity contribution is 6.01. The molecular weight excluding hydrogens is 272 g/mol. The van der Waals surface area contributed by atoms with Crippen molar-refractivity contribution in [3.05, 3.63) is 30.1 Å². The number of carbonyl (C=O) groups excluding carboxylic acids is 1. The Morgan fingerprint density at radius 3 is 2.57 bits per heavy atom. The van der Waals surface area contributed by atoms with Crippen LogP contribution in [0.5, 0.6) is 0 Å². The van der Waals surface area contributed by atoms with E-state index in [0.29, 0.717) is 11.4 Å². The van der Waals surface area contributed by atoms with E-state index in [1.54, 1.807) is 45.2 Å². The quantitative estimate of drug-likeness (QED) is 0.425. The molecule has 0 unspecified atom stereocenters. The largest absolute Gasteiger partial charge is 0.444 e. The number of ether oxygens (including phenoxy) is 1. The summed E-state index contributed by atoms with van der Waals surface area (Å²) in [4.78, 5) is 15.8. The molecule has 0 bridgehead atoms. The average molecular weight is 292 g/mol. The summed E-state index contributed by atoms with van der Waals surface area (Å²) in [5.41, 5.74) is 10.9. The van der Waals surface area contributed by atoms with Gasteiger partial charge in [-0.2, -0.15) is 0 Å². The lowest BCUT2D eigenvalue weighted by Gasteiger charge is -2.19. The van der Waals surface area contributed by atoms with Crippen LogP contribution in [0.2, 0.25) is 0 Å². The van der Waals surface area contributed by atoms with Crippen LogP contribution in [0.15, 0.2) is 34.6 Å². The average Bonchev–Trinajstić information content (AvgIpc) is 2.37. The summed E-state index contributed by atoms with van der Waals surface area (Å²) in [5, 5.41) is 10.0. The maximum atomic E-state index is 11.6. The third-order valence-electron chi connectivity index (χ3n) is 2.05. The van der Waals surface area contributed by atoms with Gasteiger partial charge in [0.2, 0.25) is 5.96 Å². The van der Waals surface area contributed by atoms with Crippen molar-refractivity contribution in [1.82, 2.24) is 10.3 Å². The highest BCUT2D eigenvalue weighted by Crippen LogP contribution is 2.06. The van der Waals surface area contributed by atoms with Crippen LogP contribution in [0.25, 0.3) is 0 Å². The normalized spacial score (nSPS) is 11.7. The number of aromatic nitrogens is 1. The first-order chi connectivity index (χ1) is 9.78. The summed E-state index contributed by atoms with van der Waals surface area (Å²) in [6.45, 7) is 5.42. The Morgan fingerprint density at radius 2 is 2.05 bits per heavy atom. The second-order valence-electron chi connectivity index (χ2n) is 5.14. The fourth-order valence-electron chi connectivity index (χ4n) is 1.30. The maximum absolute atomic E-state index is 11.6. The predicted octanol–water partition coefficient (Wildman–Crippen LogP) is 0.584. The van der Waals surface area contributed by atoms with E-state index in [1.807, 2.05) is 0 Å². The van der Waals surface area contributed by atoms with Crippen LogP contribution >= 0.6 is 0 Å². The van der Waals surface area contributed by atoms with E-state index in [1.165, 1.54) is 0 Å². The molecule has 8 nitrogen and oxygen atoms in total. The molecule has 1 amide bonds. The van der Waals surface area contributed by atoms with Crippen molar-refractivity contribution in [1.29, 1.82) is 0 Å². The van der Waals surface area contributed by atoms with E-state index < -0.39 is 11.7 Å². The molecule has 0 radical (unpaired) electrons. The molecule has 1 aromatic heterocycles. The van der Waals surface area contributed by atoms with Crippen LogP contribution in [0.3, 0.4) is 0 Å². The number of hydrogen-bond acceptors (Lipinski definition) is 5. The van der Waals surface area contributed by atoms with Gasteiger partial charge in [0, 0.05) is 6.20 Å². The zero-order chi connectivity index (χ0) is 15.9. The van der Waals surface area contributed by atoms with Gasteiger partial charge in [-0.15, -0.1) is 10.2 Å². The Labute approximate surface area is 123 Å². The van der Waals surface area contributed by atoms with Crippen molar-refractivity contribution in [2.45, 2.75) is 26.4 Å². The summed E-state index contributed by atoms with van der Waals surface area (Å²) in [6.07, 6.45) is 1.05. The Hall–Kier alpha value is -2.64. The topological polar surface area (TPSA) is 128 Å². The Morgan fingerprint density at radius 1 is 1.33 bits per heavy atom. The van der Waals surface area contributed by atoms with Crippen molar-refractivity contribution in [2.24, 2.45) is 21.7 Å². The van der Waals surface area contributed by atoms with Crippen molar-refractivity contribution in [3.8, 4) is 0 Å². The summed E-state index contributed by atoms with van der Waals surface area (Å²) >= 11 is 0. The van der Waals surface area contributed by atoms with Crippen molar-refractivity contribution in [2.75, 3.05) is 6.54 Å². The van der Waals surface area contributed by atoms with E-state index in [2.05, 4.69) is 20.5 Å². The van der Waals surface area contributed by atoms with Crippen LogP contribution in [0.4, 0.5) is 4.79 Å². The number of nitrogens with one attached hydrogen (secondary N) is 1. The number of guanidine groups is 1. The minimum absolute atomic E-state index is 0.0860. The van der Waals surface area contributed by atoms with Gasteiger partial charge >= 0.3 is 6.09 Å². The first-order valence-electron chi connectivity index (χ1n) is 6.31. The van der Waals surface area contributed by atoms with Gasteiger partial charge in [-0.25, -0.2) is 4.79 Å². The molecule has 0 aliphatic carbocycles. The molecule has 0 fully saturated rings. The van der Waals surface area contributed by atoms with Crippen LogP contribution in [-0.2, 0) is 4.74 Å². The highest BCUT2D eigenvalue weighted by atomic mass is 16.6. The molecule has 1 heterocycles. The first-order valence-corrected chi connectivity index (χ1v) is 6.31. The van der Waals surface area contributed by atoms with Crippen molar-refractivity contribution >= 4 is 17.8 Å². The zero-order valence-electron chi connectivity index (χ0n) is 12.3. The number of rotatable bonds is 4. The smallest absolute Gasteiger partial charge is 0.407 e. The zero-order valence-corrected chi connectivity index (χ0v) is 12.3. The molecule has 0 aromatic carbocycles. The van der Waals surface area contributed by atoms with E-state index in [9.17, 15) is 4.79 Å². The second kappa shape index (κ2) is 7.22. The highest BCUT2D eigenvalue weighted by Gasteiger charge is 2.16. The number of hydrogen-bond donors (Lipinski definition) is 3. The van der Waals surface area contributed by atoms with Gasteiger partial charge in [0.15, 0.2) is 0 Å². The number of carbonyl (C=O) groups is 1. The molecule has 5 N–H and O–H groups in total. The fourth-order valence-corrected chi connectivity index (χ4v) is 1.30. The summed E-state index contributed by atoms with van der Waals surface area (Å²) in [5.74, 6) is -0.180. The number of pyridine rings is 1. The van der Waals surface area contributed by atoms with Crippen LogP contribution in [0.1, 0.15) is 26.5 Å². The van der Waals surface area contributed by atoms with E-state index in [4.69, 9.17) is 16.2 Å². The molecule has 0 saturated carbocycles. The SMILES string of the molecule is CC(C)(C)OC(=O)NC/C(=N\N=C(N)N)c1ccccn1. The molecule has 0 spiro atoms. The molecule has 0 atom stereocenters. The minimum atomic E-state index is -0.577. The summed E-state index contributed by atoms with van der Waals surface area (Å²) in [6, 6.07) is 5.29. The molecule has 114 valence electrons. The van der Waals surface area contributed by atoms with Crippen LogP contribution in [0, 0.1) is 0 Å². The lowest BCUT2D eigenvalue weighted by Crippen LogP contribution is -2.36. The second-order valence-corrected chi connectivity index (χ2v) is 5.14. The van der Waals surface area contributed by atoms with Gasteiger partial charge in [-0.05, 0) is 32.9 Å². The molecule has 0 saturated heterocycles. The minimum Gasteiger partial charge on any atom is -0.444 e. The number of nitrogens with zero attached hydrogens (tertiary/aromatic N) is 3. The Kier molecular flexibility index (Phi) is 5.65. The van der Waals surface area contributed by atoms with Gasteiger partial charge < -0.3 is 21.5 Å². The molecule has 21 heavy (non-hydrogen) atoms. The third-order valence-corrected chi connectivity index (χ3v) is 2.05. The predicted molar refractivity (Wildman–Crippen MR) is 80.8 cm³/mol. The van der Waals surface area contributed by atoms with Crippen LogP contribution in [-0.4, -0.2) is 34.9 Å². The van der Waals surface area contributed by atoms with E-state index in [0.717, 1.165) is 0 Å². The standard InChI is InChI=1S/C13H20N6O2/c1-13(2,3)21-12(20)17-8-10(18-19-11(14)15)9-6-4-5-7-16-9/h4-7H,8H2,1-3H3,(H,17,20)(H4,14,15,19)/b18-10+. The summed E-state index contributed by atoms with van der Waals surface area (Å²) in [7, 11) is 0. The Balaban J connectivity index is 2.78. The van der Waals surface area contributed by atoms with Gasteiger partial charge in [0.25, 0.3) is 0 Å². The Bertz CT molecular complexity index is 529. The monoisotopic (exact) mass is 292 g/mol. The lowest BCUT2D eigenvalue weighted by atomic mass is 10.2. The molecule has 0 aliphatic heterocycles. The van der Waals surface area contributed by atoms with Gasteiger partial charge in [-0.3, -0.25) is 4.98 Å². The number of nitrogens with two attached hydrogens (primary N) is 2. The molecule has 1 rings (SSSR count). The van der Waals surface area contributed by atoms with E-state index >= 15 is 0 Å². The lowest BCUT2D eigenvalue weighted by molar-refractivity contribution is 0.0536. The summed E-state index contributed by atoms with van der Waals surface area (Å²) < 4.78 is 5.14. The molecular formula is C13H20N6O2. The van der Waals surface area contributed by atoms with Gasteiger partial charge in [-0.1, -0.05) is 6.07 Å². The van der Waals surface area contributed by atoms with Gasteiger partial charge in [0.05, 0.1) is 12.2 Å². The third kappa shape index (κ3) is 6.90. The van der Waals surface area contributed by atoms with Crippen molar-refractivity contribution < 1.29 is 9.53 Å². The fraction of sp³-hybridized carbons (Fsp3) is 0.385. The van der Waals surface area contributed by atoms with E-state index in [-0.39, 0.29) is 12.5 Å². The maximum Gasteiger partial charge on any atom is 0.407 e.